The van der Waals surface area contributed by atoms with Crippen LogP contribution in [0.1, 0.15) is 48.7 Å². The van der Waals surface area contributed by atoms with Crippen LogP contribution in [0.25, 0.3) is 0 Å². The molecule has 1 unspecified atom stereocenters. The molecule has 1 atom stereocenters. The first kappa shape index (κ1) is 17.3. The number of rotatable bonds is 5. The molecule has 0 heterocycles. The molecule has 1 amide bonds. The first-order valence-corrected chi connectivity index (χ1v) is 7.52. The second-order valence-electron chi connectivity index (χ2n) is 5.40. The van der Waals surface area contributed by atoms with Crippen molar-refractivity contribution in [2.24, 2.45) is 5.92 Å². The molecule has 0 aliphatic rings. The number of hydrogen-bond acceptors (Lipinski definition) is 2. The van der Waals surface area contributed by atoms with Gasteiger partial charge in [-0.3, -0.25) is 4.79 Å². The number of aryl methyl sites for hydroxylation is 1. The van der Waals surface area contributed by atoms with E-state index in [-0.39, 0.29) is 12.5 Å². The van der Waals surface area contributed by atoms with E-state index in [4.69, 9.17) is 5.11 Å². The molecule has 0 aliphatic carbocycles. The molecule has 0 aromatic heterocycles. The van der Waals surface area contributed by atoms with Gasteiger partial charge >= 0.3 is 0 Å². The Morgan fingerprint density at radius 3 is 2.62 bits per heavy atom. The van der Waals surface area contributed by atoms with E-state index >= 15 is 0 Å². The zero-order valence-corrected chi connectivity index (χ0v) is 13.4. The van der Waals surface area contributed by atoms with Crippen molar-refractivity contribution >= 4 is 5.91 Å². The summed E-state index contributed by atoms with van der Waals surface area (Å²) in [5.41, 5.74) is 2.44. The molecule has 0 fully saturated rings. The number of amides is 1. The van der Waals surface area contributed by atoms with Gasteiger partial charge in [-0.25, -0.2) is 0 Å². The fourth-order valence-electron chi connectivity index (χ4n) is 2.16. The molecule has 0 spiro atoms. The molecule has 0 saturated heterocycles. The molecule has 114 valence electrons. The van der Waals surface area contributed by atoms with E-state index in [0.717, 1.165) is 24.1 Å². The molecule has 1 aromatic carbocycles. The third-order valence-corrected chi connectivity index (χ3v) is 3.53. The Morgan fingerprint density at radius 1 is 1.33 bits per heavy atom. The van der Waals surface area contributed by atoms with Crippen LogP contribution in [0.5, 0.6) is 0 Å². The SMILES string of the molecule is CCC(C)CN(CC)C(=O)c1cc(C)cc(C#CCO)c1. The fraction of sp³-hybridized carbons (Fsp3) is 0.500. The smallest absolute Gasteiger partial charge is 0.253 e. The predicted octanol–water partition coefficient (Wildman–Crippen LogP) is 2.85. The summed E-state index contributed by atoms with van der Waals surface area (Å²) >= 11 is 0. The number of benzene rings is 1. The van der Waals surface area contributed by atoms with Gasteiger partial charge in [0.25, 0.3) is 5.91 Å². The van der Waals surface area contributed by atoms with Crippen LogP contribution in [-0.2, 0) is 0 Å². The van der Waals surface area contributed by atoms with Crippen LogP contribution in [-0.4, -0.2) is 35.6 Å². The highest BCUT2D eigenvalue weighted by Gasteiger charge is 2.16. The van der Waals surface area contributed by atoms with Crippen molar-refractivity contribution in [1.82, 2.24) is 4.90 Å². The quantitative estimate of drug-likeness (QED) is 0.846. The number of aliphatic hydroxyl groups is 1. The highest BCUT2D eigenvalue weighted by Crippen LogP contribution is 2.13. The summed E-state index contributed by atoms with van der Waals surface area (Å²) < 4.78 is 0. The van der Waals surface area contributed by atoms with Crippen LogP contribution in [0.2, 0.25) is 0 Å². The van der Waals surface area contributed by atoms with Crippen molar-refractivity contribution in [3.63, 3.8) is 0 Å². The molecule has 0 aliphatic heterocycles. The fourth-order valence-corrected chi connectivity index (χ4v) is 2.16. The second-order valence-corrected chi connectivity index (χ2v) is 5.40. The molecule has 3 nitrogen and oxygen atoms in total. The zero-order chi connectivity index (χ0) is 15.8. The minimum absolute atomic E-state index is 0.0496. The maximum Gasteiger partial charge on any atom is 0.253 e. The van der Waals surface area contributed by atoms with Crippen LogP contribution in [0, 0.1) is 24.7 Å². The maximum absolute atomic E-state index is 12.6. The Bertz CT molecular complexity index is 540. The summed E-state index contributed by atoms with van der Waals surface area (Å²) in [6.45, 7) is 9.55. The number of carbonyl (C=O) groups is 1. The molecule has 0 bridgehead atoms. The third-order valence-electron chi connectivity index (χ3n) is 3.53. The van der Waals surface area contributed by atoms with Gasteiger partial charge in [-0.1, -0.05) is 32.1 Å². The lowest BCUT2D eigenvalue weighted by Gasteiger charge is -2.24. The Hall–Kier alpha value is -1.79. The summed E-state index contributed by atoms with van der Waals surface area (Å²) in [5.74, 6) is 6.03. The van der Waals surface area contributed by atoms with E-state index < -0.39 is 0 Å². The molecular weight excluding hydrogens is 262 g/mol. The maximum atomic E-state index is 12.6. The van der Waals surface area contributed by atoms with E-state index in [1.165, 1.54) is 0 Å². The minimum atomic E-state index is -0.174. The van der Waals surface area contributed by atoms with Crippen molar-refractivity contribution in [3.8, 4) is 11.8 Å². The average Bonchev–Trinajstić information content (AvgIpc) is 2.49. The molecule has 3 heteroatoms. The Morgan fingerprint density at radius 2 is 2.05 bits per heavy atom. The minimum Gasteiger partial charge on any atom is -0.384 e. The van der Waals surface area contributed by atoms with Gasteiger partial charge in [-0.05, 0) is 43.5 Å². The van der Waals surface area contributed by atoms with Crippen molar-refractivity contribution in [3.05, 3.63) is 34.9 Å². The largest absolute Gasteiger partial charge is 0.384 e. The first-order chi connectivity index (χ1) is 10.0. The van der Waals surface area contributed by atoms with Gasteiger partial charge in [0.05, 0.1) is 0 Å². The zero-order valence-electron chi connectivity index (χ0n) is 13.4. The van der Waals surface area contributed by atoms with E-state index in [1.807, 2.05) is 30.9 Å². The summed E-state index contributed by atoms with van der Waals surface area (Å²) in [5, 5.41) is 8.78. The number of nitrogens with zero attached hydrogens (tertiary/aromatic N) is 1. The van der Waals surface area contributed by atoms with E-state index in [0.29, 0.717) is 18.0 Å². The monoisotopic (exact) mass is 287 g/mol. The predicted molar refractivity (Wildman–Crippen MR) is 86.2 cm³/mol. The topological polar surface area (TPSA) is 40.5 Å². The third kappa shape index (κ3) is 5.24. The lowest BCUT2D eigenvalue weighted by Crippen LogP contribution is -2.34. The number of hydrogen-bond donors (Lipinski definition) is 1. The highest BCUT2D eigenvalue weighted by atomic mass is 16.2. The average molecular weight is 287 g/mol. The van der Waals surface area contributed by atoms with Crippen molar-refractivity contribution in [2.45, 2.75) is 34.1 Å². The summed E-state index contributed by atoms with van der Waals surface area (Å²) in [6.07, 6.45) is 1.06. The van der Waals surface area contributed by atoms with Gasteiger partial charge in [-0.15, -0.1) is 0 Å². The van der Waals surface area contributed by atoms with Crippen LogP contribution < -0.4 is 0 Å². The van der Waals surface area contributed by atoms with Gasteiger partial charge in [0, 0.05) is 24.2 Å². The van der Waals surface area contributed by atoms with Crippen molar-refractivity contribution in [2.75, 3.05) is 19.7 Å². The molecule has 0 radical (unpaired) electrons. The first-order valence-electron chi connectivity index (χ1n) is 7.52. The van der Waals surface area contributed by atoms with E-state index in [2.05, 4.69) is 25.7 Å². The van der Waals surface area contributed by atoms with Crippen LogP contribution in [0.4, 0.5) is 0 Å². The summed E-state index contributed by atoms with van der Waals surface area (Å²) in [6, 6.07) is 5.62. The molecule has 1 N–H and O–H groups in total. The highest BCUT2D eigenvalue weighted by molar-refractivity contribution is 5.94. The molecule has 1 rings (SSSR count). The van der Waals surface area contributed by atoms with Gasteiger partial charge in [0.1, 0.15) is 6.61 Å². The standard InChI is InChI=1S/C18H25NO2/c1-5-14(3)13-19(6-2)18(21)17-11-15(4)10-16(12-17)8-7-9-20/h10-12,14,20H,5-6,9,13H2,1-4H3. The van der Waals surface area contributed by atoms with Crippen LogP contribution in [0.15, 0.2) is 18.2 Å². The number of aliphatic hydroxyl groups excluding tert-OH is 1. The number of carbonyl (C=O) groups excluding carboxylic acids is 1. The van der Waals surface area contributed by atoms with Gasteiger partial charge in [-0.2, -0.15) is 0 Å². The summed E-state index contributed by atoms with van der Waals surface area (Å²) in [4.78, 5) is 14.5. The van der Waals surface area contributed by atoms with E-state index in [9.17, 15) is 4.79 Å². The Labute approximate surface area is 128 Å². The Balaban J connectivity index is 3.02. The Kier molecular flexibility index (Phi) is 6.98. The lowest BCUT2D eigenvalue weighted by molar-refractivity contribution is 0.0740. The van der Waals surface area contributed by atoms with Gasteiger partial charge in [0.15, 0.2) is 0 Å². The van der Waals surface area contributed by atoms with E-state index in [1.54, 1.807) is 6.07 Å². The molecular formula is C18H25NO2. The molecule has 1 aromatic rings. The van der Waals surface area contributed by atoms with Crippen LogP contribution >= 0.6 is 0 Å². The van der Waals surface area contributed by atoms with Crippen molar-refractivity contribution < 1.29 is 9.90 Å². The molecule has 21 heavy (non-hydrogen) atoms. The normalized spacial score (nSPS) is 11.5. The van der Waals surface area contributed by atoms with Crippen LogP contribution in [0.3, 0.4) is 0 Å². The lowest BCUT2D eigenvalue weighted by atomic mass is 10.0. The summed E-state index contributed by atoms with van der Waals surface area (Å²) in [7, 11) is 0. The molecule has 0 saturated carbocycles. The van der Waals surface area contributed by atoms with Gasteiger partial charge < -0.3 is 10.0 Å². The van der Waals surface area contributed by atoms with Gasteiger partial charge in [0.2, 0.25) is 0 Å². The van der Waals surface area contributed by atoms with Crippen molar-refractivity contribution in [1.29, 1.82) is 0 Å². The second kappa shape index (κ2) is 8.49.